The average molecular weight is 514 g/mol. The summed E-state index contributed by atoms with van der Waals surface area (Å²) in [7, 11) is 3.23. The van der Waals surface area contributed by atoms with Gasteiger partial charge in [0.1, 0.15) is 11.5 Å². The van der Waals surface area contributed by atoms with Crippen molar-refractivity contribution in [1.29, 1.82) is 0 Å². The molecular weight excluding hydrogens is 486 g/mol. The van der Waals surface area contributed by atoms with E-state index in [1.165, 1.54) is 11.8 Å². The number of nitrogens with zero attached hydrogens (tertiary/aromatic N) is 3. The van der Waals surface area contributed by atoms with Crippen LogP contribution in [0, 0.1) is 13.8 Å². The van der Waals surface area contributed by atoms with Crippen molar-refractivity contribution in [2.24, 2.45) is 0 Å². The smallest absolute Gasteiger partial charge is 0.234 e. The number of aromatic amines is 1. The van der Waals surface area contributed by atoms with E-state index in [4.69, 9.17) is 9.47 Å². The first-order valence-electron chi connectivity index (χ1n) is 11.7. The average Bonchev–Trinajstić information content (AvgIpc) is 3.52. The molecule has 9 heteroatoms. The largest absolute Gasteiger partial charge is 0.497 e. The maximum atomic E-state index is 12.9. The van der Waals surface area contributed by atoms with Crippen LogP contribution < -0.4 is 14.8 Å². The van der Waals surface area contributed by atoms with Crippen molar-refractivity contribution in [3.63, 3.8) is 0 Å². The minimum Gasteiger partial charge on any atom is -0.497 e. The predicted molar refractivity (Wildman–Crippen MR) is 147 cm³/mol. The number of thioether (sulfide) groups is 1. The predicted octanol–water partition coefficient (Wildman–Crippen LogP) is 5.78. The van der Waals surface area contributed by atoms with E-state index in [0.717, 1.165) is 33.3 Å². The number of aryl methyl sites for hydroxylation is 2. The van der Waals surface area contributed by atoms with Gasteiger partial charge in [0.25, 0.3) is 0 Å². The Morgan fingerprint density at radius 1 is 1.03 bits per heavy atom. The van der Waals surface area contributed by atoms with Gasteiger partial charge in [-0.25, -0.2) is 0 Å². The number of amides is 1. The number of nitrogens with one attached hydrogen (secondary N) is 2. The molecule has 0 saturated carbocycles. The number of hydrogen-bond donors (Lipinski definition) is 2. The van der Waals surface area contributed by atoms with E-state index in [-0.39, 0.29) is 11.7 Å². The molecule has 0 atom stereocenters. The molecule has 0 radical (unpaired) electrons. The Hall–Kier alpha value is -4.24. The number of fused-ring (bicyclic) bond motifs is 1. The van der Waals surface area contributed by atoms with Crippen LogP contribution in [0.5, 0.6) is 11.5 Å². The molecule has 188 valence electrons. The Balaban J connectivity index is 1.53. The summed E-state index contributed by atoms with van der Waals surface area (Å²) < 4.78 is 13.1. The summed E-state index contributed by atoms with van der Waals surface area (Å²) in [5, 5.41) is 13.6. The molecule has 0 spiro atoms. The summed E-state index contributed by atoms with van der Waals surface area (Å²) in [5.41, 5.74) is 5.56. The van der Waals surface area contributed by atoms with E-state index in [9.17, 15) is 4.79 Å². The van der Waals surface area contributed by atoms with Crippen molar-refractivity contribution in [3.05, 3.63) is 78.0 Å². The third-order valence-electron chi connectivity index (χ3n) is 6.08. The number of anilines is 1. The first-order chi connectivity index (χ1) is 18.0. The summed E-state index contributed by atoms with van der Waals surface area (Å²) in [6, 6.07) is 19.5. The molecule has 5 aromatic rings. The fraction of sp³-hybridized carbons (Fsp3) is 0.179. The van der Waals surface area contributed by atoms with Crippen LogP contribution in [-0.2, 0) is 4.79 Å². The van der Waals surface area contributed by atoms with E-state index in [1.807, 2.05) is 85.3 Å². The first kappa shape index (κ1) is 24.5. The second-order valence-corrected chi connectivity index (χ2v) is 9.53. The number of carbonyl (C=O) groups excluding carboxylic acids is 1. The van der Waals surface area contributed by atoms with Gasteiger partial charge in [0.2, 0.25) is 5.91 Å². The van der Waals surface area contributed by atoms with Crippen LogP contribution in [0.4, 0.5) is 5.69 Å². The minimum absolute atomic E-state index is 0.127. The van der Waals surface area contributed by atoms with Gasteiger partial charge in [-0.1, -0.05) is 47.7 Å². The molecule has 5 rings (SSSR count). The molecule has 0 bridgehead atoms. The Bertz CT molecular complexity index is 1590. The lowest BCUT2D eigenvalue weighted by Gasteiger charge is -2.15. The van der Waals surface area contributed by atoms with Crippen molar-refractivity contribution >= 4 is 34.3 Å². The van der Waals surface area contributed by atoms with Crippen LogP contribution >= 0.6 is 11.8 Å². The fourth-order valence-electron chi connectivity index (χ4n) is 4.25. The quantitative estimate of drug-likeness (QED) is 0.256. The maximum Gasteiger partial charge on any atom is 0.234 e. The van der Waals surface area contributed by atoms with Crippen LogP contribution in [0.1, 0.15) is 11.1 Å². The number of benzene rings is 3. The van der Waals surface area contributed by atoms with E-state index in [2.05, 4.69) is 20.5 Å². The Kier molecular flexibility index (Phi) is 6.87. The zero-order valence-electron chi connectivity index (χ0n) is 21.0. The van der Waals surface area contributed by atoms with Gasteiger partial charge in [-0.05, 0) is 43.7 Å². The molecule has 0 aliphatic heterocycles. The molecule has 37 heavy (non-hydrogen) atoms. The molecule has 2 aromatic heterocycles. The van der Waals surface area contributed by atoms with Gasteiger partial charge >= 0.3 is 0 Å². The van der Waals surface area contributed by atoms with Crippen LogP contribution in [0.3, 0.4) is 0 Å². The van der Waals surface area contributed by atoms with Crippen LogP contribution in [0.15, 0.2) is 72.0 Å². The van der Waals surface area contributed by atoms with Gasteiger partial charge in [-0.15, -0.1) is 10.2 Å². The van der Waals surface area contributed by atoms with Gasteiger partial charge in [-0.2, -0.15) is 0 Å². The number of H-pyrrole nitrogens is 1. The van der Waals surface area contributed by atoms with Crippen LogP contribution in [0.2, 0.25) is 0 Å². The second kappa shape index (κ2) is 10.4. The van der Waals surface area contributed by atoms with Crippen molar-refractivity contribution in [2.75, 3.05) is 25.3 Å². The summed E-state index contributed by atoms with van der Waals surface area (Å²) in [5.74, 6) is 1.95. The number of methoxy groups -OCH3 is 2. The molecule has 0 unspecified atom stereocenters. The molecule has 2 N–H and O–H groups in total. The number of aromatic nitrogens is 4. The highest BCUT2D eigenvalue weighted by Gasteiger charge is 2.22. The Morgan fingerprint density at radius 2 is 1.86 bits per heavy atom. The molecule has 1 amide bonds. The standard InChI is InChI=1S/C28H27N5O3S/c1-17-9-11-22(18(2)13-17)30-26(34)16-37-28-32-31-27(21-15-29-23-8-6-5-7-20(21)23)33(28)24-14-19(35-3)10-12-25(24)36-4/h5-15,29H,16H2,1-4H3,(H,30,34). The Labute approximate surface area is 219 Å². The normalized spacial score (nSPS) is 11.0. The number of carbonyl (C=O) groups is 1. The molecule has 0 fully saturated rings. The SMILES string of the molecule is COc1ccc(OC)c(-n2c(SCC(=O)Nc3ccc(C)cc3C)nnc2-c2c[nH]c3ccccc23)c1. The van der Waals surface area contributed by atoms with Gasteiger partial charge in [0, 0.05) is 34.4 Å². The third kappa shape index (κ3) is 4.90. The second-order valence-electron chi connectivity index (χ2n) is 8.58. The lowest BCUT2D eigenvalue weighted by molar-refractivity contribution is -0.113. The molecule has 3 aromatic carbocycles. The summed E-state index contributed by atoms with van der Waals surface area (Å²) in [6.07, 6.45) is 1.92. The van der Waals surface area contributed by atoms with Crippen molar-refractivity contribution < 1.29 is 14.3 Å². The number of hydrogen-bond acceptors (Lipinski definition) is 6. The highest BCUT2D eigenvalue weighted by atomic mass is 32.2. The zero-order valence-corrected chi connectivity index (χ0v) is 21.8. The monoisotopic (exact) mass is 513 g/mol. The molecule has 0 aliphatic carbocycles. The van der Waals surface area contributed by atoms with E-state index in [0.29, 0.717) is 28.2 Å². The number of rotatable bonds is 8. The maximum absolute atomic E-state index is 12.9. The van der Waals surface area contributed by atoms with E-state index >= 15 is 0 Å². The molecule has 8 nitrogen and oxygen atoms in total. The summed E-state index contributed by atoms with van der Waals surface area (Å²) in [6.45, 7) is 4.01. The Morgan fingerprint density at radius 3 is 2.65 bits per heavy atom. The minimum atomic E-state index is -0.127. The molecule has 0 aliphatic rings. The highest BCUT2D eigenvalue weighted by Crippen LogP contribution is 2.37. The fourth-order valence-corrected chi connectivity index (χ4v) is 5.00. The topological polar surface area (TPSA) is 94.1 Å². The molecule has 2 heterocycles. The van der Waals surface area contributed by atoms with Crippen molar-refractivity contribution in [3.8, 4) is 28.6 Å². The number of para-hydroxylation sites is 1. The van der Waals surface area contributed by atoms with Crippen molar-refractivity contribution in [1.82, 2.24) is 19.7 Å². The highest BCUT2D eigenvalue weighted by molar-refractivity contribution is 7.99. The number of ether oxygens (including phenoxy) is 2. The summed E-state index contributed by atoms with van der Waals surface area (Å²) in [4.78, 5) is 16.2. The van der Waals surface area contributed by atoms with Gasteiger partial charge in [-0.3, -0.25) is 9.36 Å². The van der Waals surface area contributed by atoms with Crippen molar-refractivity contribution in [2.45, 2.75) is 19.0 Å². The van der Waals surface area contributed by atoms with Crippen LogP contribution in [-0.4, -0.2) is 45.6 Å². The molecule has 0 saturated heterocycles. The lowest BCUT2D eigenvalue weighted by Crippen LogP contribution is -2.15. The lowest BCUT2D eigenvalue weighted by atomic mass is 10.1. The summed E-state index contributed by atoms with van der Waals surface area (Å²) >= 11 is 1.31. The van der Waals surface area contributed by atoms with Crippen LogP contribution in [0.25, 0.3) is 28.0 Å². The molecular formula is C28H27N5O3S. The first-order valence-corrected chi connectivity index (χ1v) is 12.7. The van der Waals surface area contributed by atoms with E-state index in [1.54, 1.807) is 14.2 Å². The third-order valence-corrected chi connectivity index (χ3v) is 7.01. The zero-order chi connectivity index (χ0) is 25.9. The van der Waals surface area contributed by atoms with Gasteiger partial charge < -0.3 is 19.8 Å². The van der Waals surface area contributed by atoms with Gasteiger partial charge in [0.05, 0.1) is 25.7 Å². The van der Waals surface area contributed by atoms with E-state index < -0.39 is 0 Å². The van der Waals surface area contributed by atoms with Gasteiger partial charge in [0.15, 0.2) is 11.0 Å².